The molecule has 1 aromatic heterocycles. The molecule has 0 bridgehead atoms. The number of benzene rings is 1. The molecule has 3 rings (SSSR count). The quantitative estimate of drug-likeness (QED) is 0.847. The van der Waals surface area contributed by atoms with Gasteiger partial charge in [-0.05, 0) is 41.8 Å². The summed E-state index contributed by atoms with van der Waals surface area (Å²) < 4.78 is 0. The Hall–Kier alpha value is -1.36. The molecule has 5 heteroatoms. The van der Waals surface area contributed by atoms with Crippen molar-refractivity contribution < 1.29 is 9.90 Å². The number of carboxylic acid groups (broad SMARTS) is 1. The number of carbonyl (C=O) groups is 1. The summed E-state index contributed by atoms with van der Waals surface area (Å²) in [4.78, 5) is 10.6. The molecule has 0 radical (unpaired) electrons. The van der Waals surface area contributed by atoms with Gasteiger partial charge in [-0.25, -0.2) is 4.79 Å². The van der Waals surface area contributed by atoms with Gasteiger partial charge in [0.15, 0.2) is 0 Å². The van der Waals surface area contributed by atoms with Gasteiger partial charge in [-0.2, -0.15) is 0 Å². The topological polar surface area (TPSA) is 63.3 Å². The summed E-state index contributed by atoms with van der Waals surface area (Å²) in [5.74, 6) is -0.955. The third-order valence-corrected chi connectivity index (χ3v) is 4.86. The second-order valence-corrected chi connectivity index (χ2v) is 6.06. The van der Waals surface area contributed by atoms with Gasteiger partial charge in [0.25, 0.3) is 0 Å². The normalized spacial score (nSPS) is 13.6. The molecule has 0 aliphatic heterocycles. The molecule has 1 aliphatic carbocycles. The molecule has 3 nitrogen and oxygen atoms in total. The molecule has 3 N–H and O–H groups in total. The van der Waals surface area contributed by atoms with E-state index in [1.807, 2.05) is 0 Å². The van der Waals surface area contributed by atoms with E-state index in [2.05, 4.69) is 24.3 Å². The van der Waals surface area contributed by atoms with Crippen LogP contribution in [0.2, 0.25) is 5.02 Å². The van der Waals surface area contributed by atoms with E-state index >= 15 is 0 Å². The zero-order valence-corrected chi connectivity index (χ0v) is 12.7. The van der Waals surface area contributed by atoms with Gasteiger partial charge in [0.05, 0.1) is 5.02 Å². The molecule has 0 amide bonds. The lowest BCUT2D eigenvalue weighted by atomic mass is 10.1. The van der Waals surface area contributed by atoms with Crippen LogP contribution in [0.15, 0.2) is 29.6 Å². The average molecular weight is 310 g/mol. The van der Waals surface area contributed by atoms with Gasteiger partial charge in [0.2, 0.25) is 0 Å². The summed E-state index contributed by atoms with van der Waals surface area (Å²) in [7, 11) is 0. The fraction of sp³-hybridized carbons (Fsp3) is 0.267. The fourth-order valence-corrected chi connectivity index (χ4v) is 3.28. The van der Waals surface area contributed by atoms with Crippen molar-refractivity contribution in [2.45, 2.75) is 25.8 Å². The van der Waals surface area contributed by atoms with Gasteiger partial charge in [0.1, 0.15) is 4.88 Å². The van der Waals surface area contributed by atoms with Crippen LogP contribution < -0.4 is 5.73 Å². The highest BCUT2D eigenvalue weighted by molar-refractivity contribution is 7.12. The van der Waals surface area contributed by atoms with Crippen molar-refractivity contribution in [1.82, 2.24) is 0 Å². The summed E-state index contributed by atoms with van der Waals surface area (Å²) in [6, 6.07) is 8.87. The van der Waals surface area contributed by atoms with Crippen LogP contribution in [0.5, 0.6) is 0 Å². The van der Waals surface area contributed by atoms with Crippen molar-refractivity contribution in [1.29, 1.82) is 0 Å². The Bertz CT molecular complexity index is 599. The van der Waals surface area contributed by atoms with Crippen LogP contribution in [0.25, 0.3) is 0 Å². The second kappa shape index (κ2) is 6.39. The standard InChI is InChI=1S/C9H11N.C6H5ClO2S/c10-9-5-7-3-1-2-4-8(7)6-9;1-3-2-10-5(4(3)7)6(8)9/h1-4,9H,5-6,10H2;2H,1H3,(H,8,9). The average Bonchev–Trinajstić information content (AvgIpc) is 2.93. The van der Waals surface area contributed by atoms with Gasteiger partial charge in [-0.3, -0.25) is 0 Å². The highest BCUT2D eigenvalue weighted by atomic mass is 35.5. The van der Waals surface area contributed by atoms with E-state index in [1.165, 1.54) is 11.1 Å². The monoisotopic (exact) mass is 309 g/mol. The van der Waals surface area contributed by atoms with Crippen molar-refractivity contribution >= 4 is 28.9 Å². The molecule has 1 aliphatic rings. The molecule has 20 heavy (non-hydrogen) atoms. The van der Waals surface area contributed by atoms with Crippen LogP contribution in [0.4, 0.5) is 0 Å². The first-order valence-electron chi connectivity index (χ1n) is 6.28. The molecule has 0 fully saturated rings. The number of aromatic carboxylic acids is 1. The van der Waals surface area contributed by atoms with Crippen molar-refractivity contribution in [2.24, 2.45) is 5.73 Å². The van der Waals surface area contributed by atoms with Crippen molar-refractivity contribution in [2.75, 3.05) is 0 Å². The highest BCUT2D eigenvalue weighted by Crippen LogP contribution is 2.26. The Morgan fingerprint density at radius 2 is 1.90 bits per heavy atom. The van der Waals surface area contributed by atoms with Gasteiger partial charge < -0.3 is 10.8 Å². The predicted octanol–water partition coefficient (Wildman–Crippen LogP) is 3.52. The molecule has 0 atom stereocenters. The highest BCUT2D eigenvalue weighted by Gasteiger charge is 2.16. The van der Waals surface area contributed by atoms with Gasteiger partial charge >= 0.3 is 5.97 Å². The molecular formula is C15H16ClNO2S. The van der Waals surface area contributed by atoms with E-state index in [0.717, 1.165) is 29.7 Å². The largest absolute Gasteiger partial charge is 0.477 e. The number of thiophene rings is 1. The molecule has 0 spiro atoms. The Labute approximate surface area is 127 Å². The SMILES string of the molecule is Cc1csc(C(=O)O)c1Cl.NC1Cc2ccccc2C1. The van der Waals surface area contributed by atoms with E-state index in [1.54, 1.807) is 12.3 Å². The molecule has 0 saturated carbocycles. The van der Waals surface area contributed by atoms with Crippen LogP contribution >= 0.6 is 22.9 Å². The lowest BCUT2D eigenvalue weighted by Gasteiger charge is -1.94. The van der Waals surface area contributed by atoms with Gasteiger partial charge in [-0.15, -0.1) is 11.3 Å². The molecular weight excluding hydrogens is 294 g/mol. The number of aryl methyl sites for hydroxylation is 1. The lowest BCUT2D eigenvalue weighted by molar-refractivity contribution is 0.0702. The Balaban J connectivity index is 0.000000147. The van der Waals surface area contributed by atoms with Crippen LogP contribution in [0.3, 0.4) is 0 Å². The zero-order valence-electron chi connectivity index (χ0n) is 11.1. The minimum absolute atomic E-state index is 0.221. The van der Waals surface area contributed by atoms with Gasteiger partial charge in [0, 0.05) is 6.04 Å². The van der Waals surface area contributed by atoms with Crippen LogP contribution in [-0.2, 0) is 12.8 Å². The van der Waals surface area contributed by atoms with Crippen LogP contribution in [0, 0.1) is 6.92 Å². The maximum absolute atomic E-state index is 10.4. The summed E-state index contributed by atoms with van der Waals surface area (Å²) in [5, 5.41) is 10.6. The predicted molar refractivity (Wildman–Crippen MR) is 82.9 cm³/mol. The maximum Gasteiger partial charge on any atom is 0.347 e. The molecule has 2 aromatic rings. The first-order valence-corrected chi connectivity index (χ1v) is 7.54. The van der Waals surface area contributed by atoms with E-state index in [0.29, 0.717) is 11.1 Å². The Kier molecular flexibility index (Phi) is 4.81. The molecule has 1 heterocycles. The van der Waals surface area contributed by atoms with E-state index < -0.39 is 5.97 Å². The lowest BCUT2D eigenvalue weighted by Crippen LogP contribution is -2.18. The van der Waals surface area contributed by atoms with Crippen molar-refractivity contribution in [3.05, 3.63) is 56.2 Å². The summed E-state index contributed by atoms with van der Waals surface area (Å²) in [5.41, 5.74) is 9.49. The third kappa shape index (κ3) is 3.39. The summed E-state index contributed by atoms with van der Waals surface area (Å²) >= 11 is 6.79. The summed E-state index contributed by atoms with van der Waals surface area (Å²) in [6.45, 7) is 1.78. The van der Waals surface area contributed by atoms with Crippen LogP contribution in [-0.4, -0.2) is 17.1 Å². The molecule has 0 saturated heterocycles. The number of carboxylic acids is 1. The molecule has 1 aromatic carbocycles. The smallest absolute Gasteiger partial charge is 0.347 e. The second-order valence-electron chi connectivity index (χ2n) is 4.80. The Morgan fingerprint density at radius 1 is 1.35 bits per heavy atom. The first-order chi connectivity index (χ1) is 9.49. The number of halogens is 1. The first kappa shape index (κ1) is 15.0. The third-order valence-electron chi connectivity index (χ3n) is 3.18. The zero-order chi connectivity index (χ0) is 14.7. The number of fused-ring (bicyclic) bond motifs is 1. The Morgan fingerprint density at radius 3 is 2.25 bits per heavy atom. The molecule has 0 unspecified atom stereocenters. The van der Waals surface area contributed by atoms with Gasteiger partial charge in [-0.1, -0.05) is 35.9 Å². The van der Waals surface area contributed by atoms with E-state index in [-0.39, 0.29) is 4.88 Å². The summed E-state index contributed by atoms with van der Waals surface area (Å²) in [6.07, 6.45) is 2.13. The minimum atomic E-state index is -0.955. The van der Waals surface area contributed by atoms with E-state index in [4.69, 9.17) is 22.4 Å². The fourth-order valence-electron chi connectivity index (χ4n) is 2.17. The number of hydrogen-bond acceptors (Lipinski definition) is 3. The number of hydrogen-bond donors (Lipinski definition) is 2. The number of rotatable bonds is 1. The minimum Gasteiger partial charge on any atom is -0.477 e. The van der Waals surface area contributed by atoms with Crippen LogP contribution in [0.1, 0.15) is 26.4 Å². The van der Waals surface area contributed by atoms with Crippen molar-refractivity contribution in [3.63, 3.8) is 0 Å². The number of nitrogens with two attached hydrogens (primary N) is 1. The van der Waals surface area contributed by atoms with Crippen molar-refractivity contribution in [3.8, 4) is 0 Å². The molecule has 106 valence electrons. The van der Waals surface area contributed by atoms with E-state index in [9.17, 15) is 4.79 Å². The maximum atomic E-state index is 10.4.